The van der Waals surface area contributed by atoms with Gasteiger partial charge in [0.1, 0.15) is 5.82 Å². The van der Waals surface area contributed by atoms with Crippen molar-refractivity contribution in [1.29, 1.82) is 0 Å². The molecule has 2 rings (SSSR count). The molecule has 1 aromatic rings. The predicted octanol–water partition coefficient (Wildman–Crippen LogP) is 4.34. The predicted molar refractivity (Wildman–Crippen MR) is 71.1 cm³/mol. The molecule has 1 fully saturated rings. The van der Waals surface area contributed by atoms with E-state index in [2.05, 4.69) is 15.9 Å². The van der Waals surface area contributed by atoms with E-state index in [1.165, 1.54) is 0 Å². The van der Waals surface area contributed by atoms with E-state index in [4.69, 9.17) is 0 Å². The zero-order valence-corrected chi connectivity index (χ0v) is 11.6. The average molecular weight is 315 g/mol. The summed E-state index contributed by atoms with van der Waals surface area (Å²) in [6.07, 6.45) is 4.33. The summed E-state index contributed by atoms with van der Waals surface area (Å²) in [7, 11) is 0. The molecular weight excluding hydrogens is 299 g/mol. The van der Waals surface area contributed by atoms with Crippen molar-refractivity contribution in [2.24, 2.45) is 5.92 Å². The molecule has 1 aromatic carbocycles. The normalized spacial score (nSPS) is 24.6. The van der Waals surface area contributed by atoms with E-state index in [1.807, 2.05) is 0 Å². The second-order valence-corrected chi connectivity index (χ2v) is 5.69. The van der Waals surface area contributed by atoms with Gasteiger partial charge in [-0.2, -0.15) is 0 Å². The van der Waals surface area contributed by atoms with Crippen LogP contribution in [0.25, 0.3) is 0 Å². The highest BCUT2D eigenvalue weighted by Crippen LogP contribution is 2.39. The average Bonchev–Trinajstić information content (AvgIpc) is 2.58. The van der Waals surface area contributed by atoms with Crippen LogP contribution in [0.5, 0.6) is 0 Å². The number of aliphatic carboxylic acids is 1. The molecule has 0 aliphatic heterocycles. The fourth-order valence-corrected chi connectivity index (χ4v) is 3.16. The molecule has 1 N–H and O–H groups in total. The summed E-state index contributed by atoms with van der Waals surface area (Å²) in [5.41, 5.74) is 0.540. The van der Waals surface area contributed by atoms with Gasteiger partial charge in [0.2, 0.25) is 0 Å². The minimum atomic E-state index is -0.804. The van der Waals surface area contributed by atoms with E-state index in [1.54, 1.807) is 18.2 Å². The van der Waals surface area contributed by atoms with Gasteiger partial charge in [0.05, 0.1) is 10.4 Å². The number of carboxylic acids is 1. The molecule has 0 saturated heterocycles. The molecule has 98 valence electrons. The van der Waals surface area contributed by atoms with E-state index in [-0.39, 0.29) is 11.7 Å². The molecule has 1 aliphatic rings. The van der Waals surface area contributed by atoms with Crippen molar-refractivity contribution in [3.63, 3.8) is 0 Å². The third-order valence-electron chi connectivity index (χ3n) is 3.71. The molecule has 0 bridgehead atoms. The summed E-state index contributed by atoms with van der Waals surface area (Å²) in [6, 6.07) is 5.13. The van der Waals surface area contributed by atoms with Crippen LogP contribution in [0.15, 0.2) is 22.7 Å². The first-order valence-electron chi connectivity index (χ1n) is 6.28. The number of carboxylic acid groups (broad SMARTS) is 1. The van der Waals surface area contributed by atoms with E-state index in [0.717, 1.165) is 25.7 Å². The van der Waals surface area contributed by atoms with Crippen molar-refractivity contribution in [2.75, 3.05) is 0 Å². The van der Waals surface area contributed by atoms with Crippen LogP contribution in [-0.2, 0) is 4.79 Å². The lowest BCUT2D eigenvalue weighted by Gasteiger charge is -2.22. The van der Waals surface area contributed by atoms with Gasteiger partial charge in [0, 0.05) is 5.92 Å². The van der Waals surface area contributed by atoms with Crippen LogP contribution in [0.1, 0.15) is 43.6 Å². The Balaban J connectivity index is 2.38. The minimum Gasteiger partial charge on any atom is -0.481 e. The van der Waals surface area contributed by atoms with Crippen LogP contribution in [-0.4, -0.2) is 11.1 Å². The first-order valence-corrected chi connectivity index (χ1v) is 7.07. The van der Waals surface area contributed by atoms with Crippen LogP contribution >= 0.6 is 15.9 Å². The van der Waals surface area contributed by atoms with Crippen LogP contribution < -0.4 is 0 Å². The second kappa shape index (κ2) is 5.83. The Kier molecular flexibility index (Phi) is 4.38. The number of carbonyl (C=O) groups is 1. The van der Waals surface area contributed by atoms with Gasteiger partial charge in [-0.15, -0.1) is 0 Å². The van der Waals surface area contributed by atoms with Gasteiger partial charge < -0.3 is 5.11 Å². The van der Waals surface area contributed by atoms with Gasteiger partial charge in [-0.1, -0.05) is 31.4 Å². The van der Waals surface area contributed by atoms with Crippen LogP contribution in [0.4, 0.5) is 4.39 Å². The molecule has 1 aliphatic carbocycles. The van der Waals surface area contributed by atoms with Gasteiger partial charge >= 0.3 is 5.97 Å². The number of halogens is 2. The lowest BCUT2D eigenvalue weighted by molar-refractivity contribution is -0.142. The monoisotopic (exact) mass is 314 g/mol. The number of hydrogen-bond donors (Lipinski definition) is 1. The fourth-order valence-electron chi connectivity index (χ4n) is 2.78. The summed E-state index contributed by atoms with van der Waals surface area (Å²) in [5, 5.41) is 9.32. The van der Waals surface area contributed by atoms with Crippen molar-refractivity contribution >= 4 is 21.9 Å². The molecule has 0 amide bonds. The molecular formula is C14H16BrFO2. The van der Waals surface area contributed by atoms with Gasteiger partial charge in [-0.25, -0.2) is 4.39 Å². The Labute approximate surface area is 114 Å². The summed E-state index contributed by atoms with van der Waals surface area (Å²) < 4.78 is 14.5. The lowest BCUT2D eigenvalue weighted by Crippen LogP contribution is -2.22. The van der Waals surface area contributed by atoms with Crippen molar-refractivity contribution < 1.29 is 14.3 Å². The molecule has 2 nitrogen and oxygen atoms in total. The highest BCUT2D eigenvalue weighted by Gasteiger charge is 2.32. The van der Waals surface area contributed by atoms with Gasteiger partial charge in [0.25, 0.3) is 0 Å². The molecule has 2 unspecified atom stereocenters. The zero-order valence-electron chi connectivity index (χ0n) is 10.0. The number of hydrogen-bond acceptors (Lipinski definition) is 1. The van der Waals surface area contributed by atoms with Gasteiger partial charge in [-0.05, 0) is 40.4 Å². The van der Waals surface area contributed by atoms with E-state index >= 15 is 0 Å². The van der Waals surface area contributed by atoms with Crippen molar-refractivity contribution in [3.8, 4) is 0 Å². The highest BCUT2D eigenvalue weighted by molar-refractivity contribution is 9.10. The number of rotatable bonds is 2. The van der Waals surface area contributed by atoms with E-state index in [0.29, 0.717) is 16.5 Å². The van der Waals surface area contributed by atoms with Crippen molar-refractivity contribution in [1.82, 2.24) is 0 Å². The maximum absolute atomic E-state index is 14.1. The second-order valence-electron chi connectivity index (χ2n) is 4.83. The lowest BCUT2D eigenvalue weighted by atomic mass is 9.82. The first-order chi connectivity index (χ1) is 8.61. The van der Waals surface area contributed by atoms with Crippen LogP contribution in [0.2, 0.25) is 0 Å². The quantitative estimate of drug-likeness (QED) is 0.825. The zero-order chi connectivity index (χ0) is 13.1. The third-order valence-corrected chi connectivity index (χ3v) is 4.33. The third kappa shape index (κ3) is 2.74. The number of benzene rings is 1. The van der Waals surface area contributed by atoms with Crippen LogP contribution in [0.3, 0.4) is 0 Å². The maximum atomic E-state index is 14.1. The Bertz CT molecular complexity index is 447. The standard InChI is InChI=1S/C14H16BrFO2/c15-12-8-4-7-10(13(12)16)9-5-2-1-3-6-11(9)14(17)18/h4,7-9,11H,1-3,5-6H2,(H,17,18). The van der Waals surface area contributed by atoms with Crippen molar-refractivity contribution in [3.05, 3.63) is 34.1 Å². The summed E-state index contributed by atoms with van der Waals surface area (Å²) in [4.78, 5) is 11.4. The molecule has 0 radical (unpaired) electrons. The van der Waals surface area contributed by atoms with Crippen LogP contribution in [0, 0.1) is 11.7 Å². The maximum Gasteiger partial charge on any atom is 0.307 e. The Morgan fingerprint density at radius 2 is 2.00 bits per heavy atom. The molecule has 0 heterocycles. The molecule has 0 aromatic heterocycles. The molecule has 4 heteroatoms. The largest absolute Gasteiger partial charge is 0.481 e. The Morgan fingerprint density at radius 3 is 2.72 bits per heavy atom. The van der Waals surface area contributed by atoms with Crippen molar-refractivity contribution in [2.45, 2.75) is 38.0 Å². The summed E-state index contributed by atoms with van der Waals surface area (Å²) in [6.45, 7) is 0. The molecule has 1 saturated carbocycles. The van der Waals surface area contributed by atoms with E-state index in [9.17, 15) is 14.3 Å². The Hall–Kier alpha value is -0.900. The van der Waals surface area contributed by atoms with Gasteiger partial charge in [-0.3, -0.25) is 4.79 Å². The SMILES string of the molecule is O=C(O)C1CCCCCC1c1cccc(Br)c1F. The summed E-state index contributed by atoms with van der Waals surface area (Å²) >= 11 is 3.17. The fraction of sp³-hybridized carbons (Fsp3) is 0.500. The molecule has 18 heavy (non-hydrogen) atoms. The first kappa shape index (κ1) is 13.5. The minimum absolute atomic E-state index is 0.206. The highest BCUT2D eigenvalue weighted by atomic mass is 79.9. The molecule has 2 atom stereocenters. The smallest absolute Gasteiger partial charge is 0.307 e. The molecule has 0 spiro atoms. The van der Waals surface area contributed by atoms with E-state index < -0.39 is 11.9 Å². The Morgan fingerprint density at radius 1 is 1.28 bits per heavy atom. The van der Waals surface area contributed by atoms with Gasteiger partial charge in [0.15, 0.2) is 0 Å². The summed E-state index contributed by atoms with van der Waals surface area (Å²) in [5.74, 6) is -1.78. The topological polar surface area (TPSA) is 37.3 Å².